The van der Waals surface area contributed by atoms with Gasteiger partial charge in [-0.3, -0.25) is 0 Å². The molecule has 68 valence electrons. The third-order valence-electron chi connectivity index (χ3n) is 2.95. The number of rotatable bonds is 0. The summed E-state index contributed by atoms with van der Waals surface area (Å²) in [5, 5.41) is 3.41. The van der Waals surface area contributed by atoms with Gasteiger partial charge in [0.05, 0.1) is 12.7 Å². The molecule has 0 aliphatic carbocycles. The Balaban J connectivity index is 2.16. The van der Waals surface area contributed by atoms with Gasteiger partial charge >= 0.3 is 0 Å². The second-order valence-electron chi connectivity index (χ2n) is 3.76. The minimum atomic E-state index is 0.362. The smallest absolute Gasteiger partial charge is 0.0848 e. The molecule has 1 unspecified atom stereocenters. The Morgan fingerprint density at radius 1 is 1.31 bits per heavy atom. The van der Waals surface area contributed by atoms with Crippen LogP contribution in [0.25, 0.3) is 0 Å². The van der Waals surface area contributed by atoms with Crippen LogP contribution in [-0.4, -0.2) is 6.54 Å². The largest absolute Gasteiger partial charge is 0.369 e. The molecule has 2 heteroatoms. The molecular weight excluding hydrogens is 162 g/mol. The Morgan fingerprint density at radius 3 is 3.23 bits per heavy atom. The van der Waals surface area contributed by atoms with Crippen molar-refractivity contribution in [3.63, 3.8) is 0 Å². The third-order valence-corrected chi connectivity index (χ3v) is 2.95. The minimum Gasteiger partial charge on any atom is -0.369 e. The number of benzene rings is 1. The zero-order chi connectivity index (χ0) is 8.67. The van der Waals surface area contributed by atoms with Crippen LogP contribution in [0.15, 0.2) is 18.2 Å². The van der Waals surface area contributed by atoms with Gasteiger partial charge in [0.25, 0.3) is 0 Å². The summed E-state index contributed by atoms with van der Waals surface area (Å²) >= 11 is 0. The van der Waals surface area contributed by atoms with Gasteiger partial charge in [0.1, 0.15) is 0 Å². The van der Waals surface area contributed by atoms with Crippen LogP contribution >= 0.6 is 0 Å². The van der Waals surface area contributed by atoms with Crippen LogP contribution < -0.4 is 5.32 Å². The Labute approximate surface area is 77.9 Å². The van der Waals surface area contributed by atoms with Crippen molar-refractivity contribution >= 4 is 0 Å². The lowest BCUT2D eigenvalue weighted by Crippen LogP contribution is -2.12. The molecule has 1 aromatic carbocycles. The maximum Gasteiger partial charge on any atom is 0.0848 e. The Bertz CT molecular complexity index is 335. The van der Waals surface area contributed by atoms with Gasteiger partial charge in [-0.15, -0.1) is 0 Å². The second kappa shape index (κ2) is 2.82. The highest BCUT2D eigenvalue weighted by Gasteiger charge is 2.26. The van der Waals surface area contributed by atoms with Crippen molar-refractivity contribution in [1.82, 2.24) is 5.32 Å². The van der Waals surface area contributed by atoms with E-state index >= 15 is 0 Å². The first-order valence-electron chi connectivity index (χ1n) is 4.88. The molecule has 2 aliphatic rings. The van der Waals surface area contributed by atoms with Crippen molar-refractivity contribution in [3.8, 4) is 0 Å². The van der Waals surface area contributed by atoms with Gasteiger partial charge in [-0.1, -0.05) is 18.2 Å². The van der Waals surface area contributed by atoms with Crippen molar-refractivity contribution in [1.29, 1.82) is 0 Å². The summed E-state index contributed by atoms with van der Waals surface area (Å²) in [6.45, 7) is 2.88. The molecule has 0 aromatic heterocycles. The lowest BCUT2D eigenvalue weighted by atomic mass is 9.98. The Hall–Kier alpha value is -0.860. The van der Waals surface area contributed by atoms with E-state index in [1.807, 2.05) is 0 Å². The quantitative estimate of drug-likeness (QED) is 0.648. The molecule has 0 radical (unpaired) electrons. The maximum absolute atomic E-state index is 5.74. The van der Waals surface area contributed by atoms with E-state index in [0.29, 0.717) is 6.10 Å². The first-order chi connectivity index (χ1) is 6.45. The molecule has 1 aromatic rings. The van der Waals surface area contributed by atoms with Gasteiger partial charge in [-0.25, -0.2) is 0 Å². The summed E-state index contributed by atoms with van der Waals surface area (Å²) in [5.74, 6) is 0. The normalized spacial score (nSPS) is 25.4. The molecule has 1 atom stereocenters. The van der Waals surface area contributed by atoms with Crippen LogP contribution in [0.2, 0.25) is 0 Å². The van der Waals surface area contributed by atoms with E-state index in [-0.39, 0.29) is 0 Å². The molecule has 1 N–H and O–H groups in total. The van der Waals surface area contributed by atoms with Crippen molar-refractivity contribution in [3.05, 3.63) is 34.9 Å². The lowest BCUT2D eigenvalue weighted by Gasteiger charge is -2.08. The Kier molecular flexibility index (Phi) is 1.64. The zero-order valence-electron chi connectivity index (χ0n) is 7.55. The second-order valence-corrected chi connectivity index (χ2v) is 3.76. The van der Waals surface area contributed by atoms with Gasteiger partial charge < -0.3 is 10.1 Å². The first-order valence-corrected chi connectivity index (χ1v) is 4.88. The summed E-state index contributed by atoms with van der Waals surface area (Å²) in [7, 11) is 0. The Morgan fingerprint density at radius 2 is 2.23 bits per heavy atom. The van der Waals surface area contributed by atoms with Gasteiger partial charge in [0.2, 0.25) is 0 Å². The highest BCUT2D eigenvalue weighted by Crippen LogP contribution is 2.36. The van der Waals surface area contributed by atoms with E-state index in [1.165, 1.54) is 16.7 Å². The summed E-state index contributed by atoms with van der Waals surface area (Å²) in [6, 6.07) is 6.52. The van der Waals surface area contributed by atoms with Crippen LogP contribution in [0.5, 0.6) is 0 Å². The molecular formula is C11H13NO. The number of nitrogens with one attached hydrogen (secondary N) is 1. The van der Waals surface area contributed by atoms with Crippen LogP contribution in [-0.2, 0) is 17.9 Å². The standard InChI is InChI=1S/C11H13NO/c1-2-8-6-12-5-4-10-11(8)9(3-1)7-13-10/h1-3,10,12H,4-7H2. The number of ether oxygens (including phenoxy) is 1. The molecule has 0 saturated heterocycles. The number of hydrogen-bond donors (Lipinski definition) is 1. The average molecular weight is 175 g/mol. The zero-order valence-corrected chi connectivity index (χ0v) is 7.55. The van der Waals surface area contributed by atoms with Crippen molar-refractivity contribution < 1.29 is 4.74 Å². The van der Waals surface area contributed by atoms with Crippen LogP contribution in [0, 0.1) is 0 Å². The molecule has 0 bridgehead atoms. The van der Waals surface area contributed by atoms with Gasteiger partial charge in [0.15, 0.2) is 0 Å². The lowest BCUT2D eigenvalue weighted by molar-refractivity contribution is 0.0616. The van der Waals surface area contributed by atoms with E-state index in [4.69, 9.17) is 4.74 Å². The molecule has 0 saturated carbocycles. The van der Waals surface area contributed by atoms with E-state index in [9.17, 15) is 0 Å². The van der Waals surface area contributed by atoms with Gasteiger partial charge in [0, 0.05) is 6.54 Å². The fourth-order valence-electron chi connectivity index (χ4n) is 2.32. The maximum atomic E-state index is 5.74. The monoisotopic (exact) mass is 175 g/mol. The topological polar surface area (TPSA) is 21.3 Å². The average Bonchev–Trinajstić information content (AvgIpc) is 2.44. The summed E-state index contributed by atoms with van der Waals surface area (Å²) in [6.07, 6.45) is 1.48. The highest BCUT2D eigenvalue weighted by molar-refractivity contribution is 5.39. The van der Waals surface area contributed by atoms with Crippen LogP contribution in [0.3, 0.4) is 0 Å². The SMILES string of the molecule is c1cc2c3c(c1)COC3CCNC2. The molecule has 0 amide bonds. The van der Waals surface area contributed by atoms with E-state index in [2.05, 4.69) is 23.5 Å². The summed E-state index contributed by atoms with van der Waals surface area (Å²) < 4.78 is 5.74. The van der Waals surface area contributed by atoms with Crippen molar-refractivity contribution in [2.45, 2.75) is 25.7 Å². The predicted octanol–water partition coefficient (Wildman–Crippen LogP) is 1.75. The van der Waals surface area contributed by atoms with Gasteiger partial charge in [-0.05, 0) is 29.7 Å². The van der Waals surface area contributed by atoms with Crippen LogP contribution in [0.4, 0.5) is 0 Å². The fraction of sp³-hybridized carbons (Fsp3) is 0.455. The first kappa shape index (κ1) is 7.54. The molecule has 2 nitrogen and oxygen atoms in total. The van der Waals surface area contributed by atoms with Crippen molar-refractivity contribution in [2.24, 2.45) is 0 Å². The van der Waals surface area contributed by atoms with E-state index in [0.717, 1.165) is 26.1 Å². The predicted molar refractivity (Wildman–Crippen MR) is 50.3 cm³/mol. The van der Waals surface area contributed by atoms with Crippen LogP contribution in [0.1, 0.15) is 29.2 Å². The molecule has 2 aliphatic heterocycles. The van der Waals surface area contributed by atoms with Gasteiger partial charge in [-0.2, -0.15) is 0 Å². The van der Waals surface area contributed by atoms with E-state index < -0.39 is 0 Å². The molecule has 0 fully saturated rings. The third kappa shape index (κ3) is 1.10. The summed E-state index contributed by atoms with van der Waals surface area (Å²) in [4.78, 5) is 0. The van der Waals surface area contributed by atoms with E-state index in [1.54, 1.807) is 0 Å². The minimum absolute atomic E-state index is 0.362. The van der Waals surface area contributed by atoms with Crippen molar-refractivity contribution in [2.75, 3.05) is 6.54 Å². The fourth-order valence-corrected chi connectivity index (χ4v) is 2.32. The summed E-state index contributed by atoms with van der Waals surface area (Å²) in [5.41, 5.74) is 4.29. The highest BCUT2D eigenvalue weighted by atomic mass is 16.5. The number of hydrogen-bond acceptors (Lipinski definition) is 2. The molecule has 0 spiro atoms. The molecule has 13 heavy (non-hydrogen) atoms. The molecule has 3 rings (SSSR count). The molecule has 2 heterocycles.